The van der Waals surface area contributed by atoms with Gasteiger partial charge in [-0.15, -0.1) is 0 Å². The Morgan fingerprint density at radius 3 is 2.39 bits per heavy atom. The highest BCUT2D eigenvalue weighted by atomic mass is 32.1. The zero-order chi connectivity index (χ0) is 16.7. The first kappa shape index (κ1) is 17.3. The molecule has 1 aromatic carbocycles. The van der Waals surface area contributed by atoms with E-state index in [9.17, 15) is 0 Å². The topological polar surface area (TPSA) is 38.7 Å². The Bertz CT molecular complexity index is 707. The Kier molecular flexibility index (Phi) is 6.41. The number of nitrogens with zero attached hydrogens (tertiary/aromatic N) is 3. The van der Waals surface area contributed by atoms with Gasteiger partial charge in [-0.25, -0.2) is 4.98 Å². The van der Waals surface area contributed by atoms with Gasteiger partial charge >= 0.3 is 0 Å². The summed E-state index contributed by atoms with van der Waals surface area (Å²) in [6.45, 7) is 8.62. The average molecular weight is 325 g/mol. The lowest BCUT2D eigenvalue weighted by Crippen LogP contribution is -1.95. The minimum Gasteiger partial charge on any atom is -0.256 e. The van der Waals surface area contributed by atoms with E-state index in [4.69, 9.17) is 0 Å². The Labute approximate surface area is 142 Å². The molecule has 3 aromatic rings. The van der Waals surface area contributed by atoms with Crippen LogP contribution in [-0.4, -0.2) is 14.3 Å². The molecule has 2 heterocycles. The summed E-state index contributed by atoms with van der Waals surface area (Å²) in [4.78, 5) is 8.76. The first-order chi connectivity index (χ1) is 11.2. The lowest BCUT2D eigenvalue weighted by atomic mass is 9.94. The predicted octanol–water partition coefficient (Wildman–Crippen LogP) is 5.81. The van der Waals surface area contributed by atoms with E-state index in [2.05, 4.69) is 60.2 Å². The van der Waals surface area contributed by atoms with Gasteiger partial charge in [-0.2, -0.15) is 4.37 Å². The number of benzene rings is 1. The standard InChI is InChI=1S/C16H15N3S.C3H8/c1-11(2)13-7-6-12(15-5-3-4-8-17-15)9-14(13)16-18-10-20-19-16;1-3-2/h3-11H,1-2H3;3H2,1-2H3. The molecule has 3 nitrogen and oxygen atoms in total. The zero-order valence-electron chi connectivity index (χ0n) is 14.2. The molecule has 0 aliphatic carbocycles. The van der Waals surface area contributed by atoms with E-state index in [0.717, 1.165) is 22.6 Å². The van der Waals surface area contributed by atoms with Gasteiger partial charge in [0, 0.05) is 17.3 Å². The van der Waals surface area contributed by atoms with Crippen molar-refractivity contribution in [1.82, 2.24) is 14.3 Å². The molecular formula is C19H23N3S. The molecule has 0 N–H and O–H groups in total. The molecule has 0 spiro atoms. The molecule has 0 aliphatic heterocycles. The Morgan fingerprint density at radius 1 is 1.04 bits per heavy atom. The first-order valence-corrected chi connectivity index (χ1v) is 8.83. The summed E-state index contributed by atoms with van der Waals surface area (Å²) in [6.07, 6.45) is 3.06. The van der Waals surface area contributed by atoms with Crippen LogP contribution in [-0.2, 0) is 0 Å². The van der Waals surface area contributed by atoms with E-state index in [0.29, 0.717) is 5.92 Å². The van der Waals surface area contributed by atoms with Gasteiger partial charge in [-0.05, 0) is 41.2 Å². The molecule has 3 rings (SSSR count). The van der Waals surface area contributed by atoms with Crippen LogP contribution < -0.4 is 0 Å². The maximum absolute atomic E-state index is 4.41. The summed E-state index contributed by atoms with van der Waals surface area (Å²) >= 11 is 1.38. The van der Waals surface area contributed by atoms with Gasteiger partial charge in [0.15, 0.2) is 5.82 Å². The summed E-state index contributed by atoms with van der Waals surface area (Å²) < 4.78 is 4.37. The highest BCUT2D eigenvalue weighted by Gasteiger charge is 2.13. The van der Waals surface area contributed by atoms with Crippen molar-refractivity contribution < 1.29 is 0 Å². The van der Waals surface area contributed by atoms with Gasteiger partial charge in [0.25, 0.3) is 0 Å². The quantitative estimate of drug-likeness (QED) is 0.610. The second kappa shape index (κ2) is 8.53. The minimum absolute atomic E-state index is 0.436. The summed E-state index contributed by atoms with van der Waals surface area (Å²) in [5.74, 6) is 1.24. The lowest BCUT2D eigenvalue weighted by Gasteiger charge is -2.12. The Balaban J connectivity index is 0.000000595. The van der Waals surface area contributed by atoms with Crippen molar-refractivity contribution in [2.75, 3.05) is 0 Å². The van der Waals surface area contributed by atoms with Crippen LogP contribution in [0.1, 0.15) is 45.6 Å². The summed E-state index contributed by atoms with van der Waals surface area (Å²) in [7, 11) is 0. The van der Waals surface area contributed by atoms with Crippen molar-refractivity contribution in [2.45, 2.75) is 40.0 Å². The Hall–Kier alpha value is -2.07. The molecular weight excluding hydrogens is 302 g/mol. The molecule has 0 unspecified atom stereocenters. The molecule has 0 bridgehead atoms. The van der Waals surface area contributed by atoms with Gasteiger partial charge in [0.2, 0.25) is 0 Å². The fourth-order valence-corrected chi connectivity index (χ4v) is 2.67. The monoisotopic (exact) mass is 325 g/mol. The van der Waals surface area contributed by atoms with Crippen LogP contribution in [0.4, 0.5) is 0 Å². The average Bonchev–Trinajstić information content (AvgIpc) is 3.10. The maximum Gasteiger partial charge on any atom is 0.173 e. The molecule has 23 heavy (non-hydrogen) atoms. The summed E-state index contributed by atoms with van der Waals surface area (Å²) in [5, 5.41) is 0. The third-order valence-electron chi connectivity index (χ3n) is 3.24. The Morgan fingerprint density at radius 2 is 1.83 bits per heavy atom. The minimum atomic E-state index is 0.436. The number of aromatic nitrogens is 3. The van der Waals surface area contributed by atoms with E-state index in [1.807, 2.05) is 24.4 Å². The number of hydrogen-bond acceptors (Lipinski definition) is 4. The first-order valence-electron chi connectivity index (χ1n) is 7.99. The molecule has 0 saturated carbocycles. The lowest BCUT2D eigenvalue weighted by molar-refractivity contribution is 0.867. The van der Waals surface area contributed by atoms with Gasteiger partial charge < -0.3 is 0 Å². The molecule has 0 radical (unpaired) electrons. The fourth-order valence-electron chi connectivity index (χ4n) is 2.24. The smallest absolute Gasteiger partial charge is 0.173 e. The second-order valence-corrected chi connectivity index (χ2v) is 6.24. The van der Waals surface area contributed by atoms with Crippen LogP contribution >= 0.6 is 11.5 Å². The highest BCUT2D eigenvalue weighted by Crippen LogP contribution is 2.31. The molecule has 120 valence electrons. The van der Waals surface area contributed by atoms with E-state index in [1.54, 1.807) is 5.51 Å². The molecule has 2 aromatic heterocycles. The van der Waals surface area contributed by atoms with Crippen LogP contribution in [0.25, 0.3) is 22.6 Å². The van der Waals surface area contributed by atoms with Crippen molar-refractivity contribution in [1.29, 1.82) is 0 Å². The van der Waals surface area contributed by atoms with Crippen molar-refractivity contribution in [3.05, 3.63) is 53.7 Å². The number of hydrogen-bond donors (Lipinski definition) is 0. The summed E-state index contributed by atoms with van der Waals surface area (Å²) in [6, 6.07) is 12.4. The van der Waals surface area contributed by atoms with Crippen LogP contribution in [0.5, 0.6) is 0 Å². The predicted molar refractivity (Wildman–Crippen MR) is 98.6 cm³/mol. The van der Waals surface area contributed by atoms with Gasteiger partial charge in [-0.3, -0.25) is 4.98 Å². The molecule has 0 atom stereocenters. The second-order valence-electron chi connectivity index (χ2n) is 5.63. The molecule has 0 saturated heterocycles. The number of pyridine rings is 1. The maximum atomic E-state index is 4.41. The van der Waals surface area contributed by atoms with Crippen molar-refractivity contribution in [3.63, 3.8) is 0 Å². The normalized spacial score (nSPS) is 10.3. The third-order valence-corrected chi connectivity index (χ3v) is 3.72. The van der Waals surface area contributed by atoms with Crippen LogP contribution in [0.2, 0.25) is 0 Å². The van der Waals surface area contributed by atoms with Crippen LogP contribution in [0.15, 0.2) is 48.1 Å². The van der Waals surface area contributed by atoms with Crippen molar-refractivity contribution in [3.8, 4) is 22.6 Å². The van der Waals surface area contributed by atoms with Gasteiger partial charge in [0.05, 0.1) is 5.69 Å². The molecule has 0 fully saturated rings. The molecule has 0 amide bonds. The molecule has 4 heteroatoms. The van der Waals surface area contributed by atoms with E-state index in [1.165, 1.54) is 23.5 Å². The van der Waals surface area contributed by atoms with Gasteiger partial charge in [0.1, 0.15) is 5.51 Å². The van der Waals surface area contributed by atoms with E-state index >= 15 is 0 Å². The van der Waals surface area contributed by atoms with E-state index in [-0.39, 0.29) is 0 Å². The SMILES string of the molecule is CC(C)c1ccc(-c2ccccn2)cc1-c1ncsn1.CCC. The largest absolute Gasteiger partial charge is 0.256 e. The zero-order valence-corrected chi connectivity index (χ0v) is 15.0. The van der Waals surface area contributed by atoms with Crippen molar-refractivity contribution in [2.24, 2.45) is 0 Å². The third kappa shape index (κ3) is 4.45. The summed E-state index contributed by atoms with van der Waals surface area (Å²) in [5.41, 5.74) is 6.21. The van der Waals surface area contributed by atoms with Crippen LogP contribution in [0.3, 0.4) is 0 Å². The van der Waals surface area contributed by atoms with Crippen LogP contribution in [0, 0.1) is 0 Å². The van der Waals surface area contributed by atoms with Gasteiger partial charge in [-0.1, -0.05) is 52.3 Å². The fraction of sp³-hybridized carbons (Fsp3) is 0.316. The van der Waals surface area contributed by atoms with E-state index < -0.39 is 0 Å². The van der Waals surface area contributed by atoms with Crippen molar-refractivity contribution >= 4 is 11.5 Å². The molecule has 0 aliphatic rings. The highest BCUT2D eigenvalue weighted by molar-refractivity contribution is 7.03. The number of rotatable bonds is 3.